The monoisotopic (exact) mass is 416 g/mol. The van der Waals surface area contributed by atoms with Gasteiger partial charge in [0, 0.05) is 11.2 Å². The van der Waals surface area contributed by atoms with E-state index >= 15 is 0 Å². The fraction of sp³-hybridized carbons (Fsp3) is 0.500. The first-order chi connectivity index (χ1) is 13.8. The highest BCUT2D eigenvalue weighted by atomic mass is 32.2. The summed E-state index contributed by atoms with van der Waals surface area (Å²) in [5.74, 6) is -1.24. The average Bonchev–Trinajstić information content (AvgIpc) is 2.97. The number of fused-ring (bicyclic) bond motifs is 1. The first-order valence-corrected chi connectivity index (χ1v) is 10.3. The lowest BCUT2D eigenvalue weighted by molar-refractivity contribution is -0.164. The highest BCUT2D eigenvalue weighted by molar-refractivity contribution is 8.01. The predicted molar refractivity (Wildman–Crippen MR) is 107 cm³/mol. The van der Waals surface area contributed by atoms with Crippen LogP contribution in [0, 0.1) is 11.3 Å². The van der Waals surface area contributed by atoms with Gasteiger partial charge in [-0.2, -0.15) is 5.26 Å². The van der Waals surface area contributed by atoms with Gasteiger partial charge in [-0.1, -0.05) is 30.3 Å². The third-order valence-corrected chi connectivity index (χ3v) is 6.65. The van der Waals surface area contributed by atoms with Crippen LogP contribution in [0.25, 0.3) is 0 Å². The average molecular weight is 417 g/mol. The summed E-state index contributed by atoms with van der Waals surface area (Å²) in [4.78, 5) is 39.3. The number of unbranched alkanes of at least 4 members (excludes halogenated alkanes) is 1. The first-order valence-electron chi connectivity index (χ1n) is 9.42. The van der Waals surface area contributed by atoms with Gasteiger partial charge in [-0.3, -0.25) is 9.59 Å². The number of carbonyl (C=O) groups excluding carboxylic acids is 3. The molecule has 2 unspecified atom stereocenters. The summed E-state index contributed by atoms with van der Waals surface area (Å²) in [5.41, 5.74) is 6.67. The van der Waals surface area contributed by atoms with Crippen molar-refractivity contribution in [2.24, 2.45) is 5.73 Å². The van der Waals surface area contributed by atoms with Crippen LogP contribution in [0.15, 0.2) is 30.3 Å². The van der Waals surface area contributed by atoms with Crippen LogP contribution in [-0.4, -0.2) is 51.5 Å². The van der Waals surface area contributed by atoms with Crippen LogP contribution in [0.2, 0.25) is 0 Å². The number of nitrogens with one attached hydrogen (secondary N) is 1. The Morgan fingerprint density at radius 2 is 2.07 bits per heavy atom. The van der Waals surface area contributed by atoms with Crippen LogP contribution in [0.3, 0.4) is 0 Å². The number of hydrogen-bond acceptors (Lipinski definition) is 7. The highest BCUT2D eigenvalue weighted by Crippen LogP contribution is 2.51. The maximum absolute atomic E-state index is 12.7. The number of thioether (sulfide) groups is 1. The Hall–Kier alpha value is -2.57. The first kappa shape index (κ1) is 21.1. The number of nitrogens with zero attached hydrogens (tertiary/aromatic N) is 2. The zero-order chi connectivity index (χ0) is 21.2. The summed E-state index contributed by atoms with van der Waals surface area (Å²) >= 11 is 1.46. The van der Waals surface area contributed by atoms with Crippen molar-refractivity contribution in [2.45, 2.75) is 54.9 Å². The number of rotatable bonds is 7. The third kappa shape index (κ3) is 4.09. The fourth-order valence-corrected chi connectivity index (χ4v) is 5.20. The number of esters is 1. The Bertz CT molecular complexity index is 839. The number of hydrogen-bond donors (Lipinski definition) is 2. The second-order valence-electron chi connectivity index (χ2n) is 7.56. The largest absolute Gasteiger partial charge is 0.464 e. The van der Waals surface area contributed by atoms with Gasteiger partial charge >= 0.3 is 5.97 Å². The molecule has 0 aliphatic carbocycles. The number of nitrogens with two attached hydrogens (primary N) is 1. The number of nitriles is 1. The summed E-state index contributed by atoms with van der Waals surface area (Å²) in [6.07, 6.45) is 0.757. The number of benzene rings is 1. The lowest BCUT2D eigenvalue weighted by Crippen LogP contribution is -2.71. The maximum Gasteiger partial charge on any atom is 0.330 e. The molecule has 0 spiro atoms. The van der Waals surface area contributed by atoms with Crippen LogP contribution in [0.4, 0.5) is 0 Å². The Morgan fingerprint density at radius 3 is 2.72 bits per heavy atom. The Balaban J connectivity index is 1.64. The molecule has 1 aromatic rings. The highest BCUT2D eigenvalue weighted by Gasteiger charge is 2.64. The Labute approximate surface area is 173 Å². The number of ether oxygens (including phenoxy) is 1. The van der Waals surface area contributed by atoms with E-state index in [9.17, 15) is 14.4 Å². The van der Waals surface area contributed by atoms with E-state index in [0.717, 1.165) is 0 Å². The van der Waals surface area contributed by atoms with Crippen molar-refractivity contribution in [3.05, 3.63) is 35.9 Å². The van der Waals surface area contributed by atoms with E-state index in [1.807, 2.05) is 26.0 Å². The molecule has 2 heterocycles. The van der Waals surface area contributed by atoms with Crippen LogP contribution in [-0.2, 0) is 19.1 Å². The minimum atomic E-state index is -0.877. The van der Waals surface area contributed by atoms with E-state index in [-0.39, 0.29) is 17.9 Å². The Morgan fingerprint density at radius 1 is 1.38 bits per heavy atom. The second-order valence-corrected chi connectivity index (χ2v) is 9.33. The van der Waals surface area contributed by atoms with E-state index in [0.29, 0.717) is 18.4 Å². The SMILES string of the molecule is CC1(C)SC2[C@H](NC(=O)C(N)c3ccccc3)C(=O)N2[C@H]1C(=O)OCCCC#N. The lowest BCUT2D eigenvalue weighted by Gasteiger charge is -2.44. The van der Waals surface area contributed by atoms with Crippen LogP contribution < -0.4 is 11.1 Å². The molecule has 0 aromatic heterocycles. The minimum Gasteiger partial charge on any atom is -0.464 e. The van der Waals surface area contributed by atoms with Gasteiger partial charge in [-0.25, -0.2) is 4.79 Å². The topological polar surface area (TPSA) is 126 Å². The van der Waals surface area contributed by atoms with Crippen molar-refractivity contribution in [1.82, 2.24) is 10.2 Å². The van der Waals surface area contributed by atoms with E-state index < -0.39 is 34.7 Å². The van der Waals surface area contributed by atoms with E-state index in [4.69, 9.17) is 15.7 Å². The number of amides is 2. The summed E-state index contributed by atoms with van der Waals surface area (Å²) in [6, 6.07) is 8.59. The molecule has 3 N–H and O–H groups in total. The molecular formula is C20H24N4O4S. The van der Waals surface area contributed by atoms with Gasteiger partial charge < -0.3 is 20.7 Å². The summed E-state index contributed by atoms with van der Waals surface area (Å²) in [7, 11) is 0. The van der Waals surface area contributed by atoms with Crippen molar-refractivity contribution in [3.63, 3.8) is 0 Å². The second kappa shape index (κ2) is 8.43. The maximum atomic E-state index is 12.7. The molecule has 29 heavy (non-hydrogen) atoms. The predicted octanol–water partition coefficient (Wildman–Crippen LogP) is 1.08. The molecule has 3 rings (SSSR count). The molecule has 4 atom stereocenters. The molecule has 8 nitrogen and oxygen atoms in total. The third-order valence-electron chi connectivity index (χ3n) is 5.08. The lowest BCUT2D eigenvalue weighted by atomic mass is 9.95. The van der Waals surface area contributed by atoms with E-state index in [1.165, 1.54) is 16.7 Å². The minimum absolute atomic E-state index is 0.141. The molecule has 2 amide bonds. The summed E-state index contributed by atoms with van der Waals surface area (Å²) in [5, 5.41) is 11.0. The van der Waals surface area contributed by atoms with Gasteiger partial charge in [0.05, 0.1) is 12.7 Å². The molecule has 154 valence electrons. The molecule has 0 radical (unpaired) electrons. The molecule has 2 aliphatic rings. The summed E-state index contributed by atoms with van der Waals surface area (Å²) < 4.78 is 4.71. The van der Waals surface area contributed by atoms with E-state index in [2.05, 4.69) is 5.32 Å². The van der Waals surface area contributed by atoms with Crippen molar-refractivity contribution in [1.29, 1.82) is 5.26 Å². The van der Waals surface area contributed by atoms with Gasteiger partial charge in [0.1, 0.15) is 23.5 Å². The molecule has 2 aliphatic heterocycles. The standard InChI is InChI=1S/C20H24N4O4S/c1-20(2)15(19(27)28-11-7-6-10-21)24-17(26)14(18(24)29-20)23-16(25)13(22)12-8-4-3-5-9-12/h3-5,8-9,13-15,18H,6-7,11,22H2,1-2H3,(H,23,25)/t13?,14-,15+,18?/m1/s1. The van der Waals surface area contributed by atoms with Crippen molar-refractivity contribution >= 4 is 29.5 Å². The molecule has 2 saturated heterocycles. The smallest absolute Gasteiger partial charge is 0.330 e. The van der Waals surface area contributed by atoms with Crippen molar-refractivity contribution in [3.8, 4) is 6.07 Å². The number of carbonyl (C=O) groups is 3. The molecule has 1 aromatic carbocycles. The van der Waals surface area contributed by atoms with Crippen molar-refractivity contribution < 1.29 is 19.1 Å². The van der Waals surface area contributed by atoms with Gasteiger partial charge in [-0.15, -0.1) is 11.8 Å². The molecular weight excluding hydrogens is 392 g/mol. The van der Waals surface area contributed by atoms with E-state index in [1.54, 1.807) is 24.3 Å². The van der Waals surface area contributed by atoms with Gasteiger partial charge in [-0.05, 0) is 25.8 Å². The van der Waals surface area contributed by atoms with Crippen molar-refractivity contribution in [2.75, 3.05) is 6.61 Å². The van der Waals surface area contributed by atoms with Gasteiger partial charge in [0.25, 0.3) is 0 Å². The van der Waals surface area contributed by atoms with Gasteiger partial charge in [0.2, 0.25) is 11.8 Å². The fourth-order valence-electron chi connectivity index (χ4n) is 3.58. The van der Waals surface area contributed by atoms with Gasteiger partial charge in [0.15, 0.2) is 0 Å². The number of β-lactam (4-membered cyclic amide) rings is 1. The summed E-state index contributed by atoms with van der Waals surface area (Å²) in [6.45, 7) is 3.89. The normalized spacial score (nSPS) is 25.4. The zero-order valence-corrected chi connectivity index (χ0v) is 17.1. The van der Waals surface area contributed by atoms with Crippen LogP contribution >= 0.6 is 11.8 Å². The molecule has 2 fully saturated rings. The molecule has 9 heteroatoms. The molecule has 0 saturated carbocycles. The Kier molecular flexibility index (Phi) is 6.15. The quantitative estimate of drug-likeness (QED) is 0.387. The molecule has 0 bridgehead atoms. The van der Waals surface area contributed by atoms with Crippen LogP contribution in [0.5, 0.6) is 0 Å². The van der Waals surface area contributed by atoms with Crippen LogP contribution in [0.1, 0.15) is 38.3 Å². The zero-order valence-electron chi connectivity index (χ0n) is 16.3.